The van der Waals surface area contributed by atoms with Crippen LogP contribution in [0.2, 0.25) is 0 Å². The predicted molar refractivity (Wildman–Crippen MR) is 103 cm³/mol. The fourth-order valence-electron chi connectivity index (χ4n) is 2.98. The highest BCUT2D eigenvalue weighted by Gasteiger charge is 2.40. The topological polar surface area (TPSA) is 77.9 Å². The van der Waals surface area contributed by atoms with Crippen molar-refractivity contribution in [2.24, 2.45) is 0 Å². The molecular formula is C21H24N3O3+. The molecule has 0 aliphatic rings. The maximum atomic E-state index is 13.2. The fraction of sp³-hybridized carbons (Fsp3) is 0.286. The van der Waals surface area contributed by atoms with E-state index in [4.69, 9.17) is 4.74 Å². The number of nitrogens with zero attached hydrogens (tertiary/aromatic N) is 3. The van der Waals surface area contributed by atoms with Crippen molar-refractivity contribution in [2.45, 2.75) is 32.9 Å². The van der Waals surface area contributed by atoms with E-state index in [1.54, 1.807) is 11.8 Å². The Morgan fingerprint density at radius 3 is 1.85 bits per heavy atom. The molecule has 0 aliphatic heterocycles. The van der Waals surface area contributed by atoms with Crippen LogP contribution in [0.15, 0.2) is 72.3 Å². The average molecular weight is 366 g/mol. The van der Waals surface area contributed by atoms with Crippen molar-refractivity contribution in [3.63, 3.8) is 0 Å². The number of rotatable bonds is 7. The van der Waals surface area contributed by atoms with Crippen molar-refractivity contribution in [3.8, 4) is 0 Å². The monoisotopic (exact) mass is 366 g/mol. The van der Waals surface area contributed by atoms with Crippen molar-refractivity contribution in [1.82, 2.24) is 4.90 Å². The molecule has 2 atom stereocenters. The number of carbonyl (C=O) groups excluding carboxylic acids is 1. The SMILES string of the molecule is CCO/C(O)=C(/[N+]#N)C(=O)N([C@@H](C)c1ccccc1)[C@@H](C)c1ccccc1. The third kappa shape index (κ3) is 4.64. The molecule has 1 N–H and O–H groups in total. The molecular weight excluding hydrogens is 342 g/mol. The zero-order valence-electron chi connectivity index (χ0n) is 15.7. The molecule has 2 aromatic carbocycles. The molecule has 0 aromatic heterocycles. The Balaban J connectivity index is 2.51. The van der Waals surface area contributed by atoms with Crippen LogP contribution < -0.4 is 0 Å². The Labute approximate surface area is 159 Å². The summed E-state index contributed by atoms with van der Waals surface area (Å²) < 4.78 is 4.97. The molecule has 0 unspecified atom stereocenters. The summed E-state index contributed by atoms with van der Waals surface area (Å²) in [6.45, 7) is 5.58. The predicted octanol–water partition coefficient (Wildman–Crippen LogP) is 4.95. The van der Waals surface area contributed by atoms with Gasteiger partial charge in [-0.2, -0.15) is 0 Å². The van der Waals surface area contributed by atoms with Crippen LogP contribution in [0.5, 0.6) is 0 Å². The standard InChI is InChI=1S/C21H23N3O3/c1-4-27-21(26)19(23-22)20(25)24(15(2)17-11-7-5-8-12-17)16(3)18-13-9-6-10-14-18/h5-16H,4H2,1-3H3/p+1/t15-,16-/m0/s1. The smallest absolute Gasteiger partial charge is 0.475 e. The maximum absolute atomic E-state index is 13.2. The minimum atomic E-state index is -0.699. The lowest BCUT2D eigenvalue weighted by molar-refractivity contribution is -0.132. The van der Waals surface area contributed by atoms with Gasteiger partial charge in [-0.25, -0.2) is 0 Å². The Bertz CT molecular complexity index is 783. The molecule has 0 aliphatic carbocycles. The third-order valence-corrected chi connectivity index (χ3v) is 4.42. The summed E-state index contributed by atoms with van der Waals surface area (Å²) >= 11 is 0. The zero-order chi connectivity index (χ0) is 19.8. The van der Waals surface area contributed by atoms with Gasteiger partial charge in [-0.05, 0) is 31.9 Å². The summed E-state index contributed by atoms with van der Waals surface area (Å²) in [5.41, 5.74) is 1.31. The van der Waals surface area contributed by atoms with E-state index in [1.165, 1.54) is 0 Å². The number of hydrogen-bond donors (Lipinski definition) is 1. The van der Waals surface area contributed by atoms with Gasteiger partial charge in [0.15, 0.2) is 4.98 Å². The Hall–Kier alpha value is -3.33. The second kappa shape index (κ2) is 9.39. The van der Waals surface area contributed by atoms with Crippen molar-refractivity contribution < 1.29 is 14.6 Å². The first kappa shape index (κ1) is 20.0. The Kier molecular flexibility index (Phi) is 6.95. The Morgan fingerprint density at radius 1 is 1.04 bits per heavy atom. The van der Waals surface area contributed by atoms with Crippen molar-refractivity contribution in [2.75, 3.05) is 6.61 Å². The molecule has 2 rings (SSSR count). The average Bonchev–Trinajstić information content (AvgIpc) is 2.70. The van der Waals surface area contributed by atoms with Gasteiger partial charge in [0.05, 0.1) is 18.7 Å². The molecule has 0 fully saturated rings. The highest BCUT2D eigenvalue weighted by molar-refractivity contribution is 5.95. The lowest BCUT2D eigenvalue weighted by Crippen LogP contribution is -2.37. The van der Waals surface area contributed by atoms with Crippen LogP contribution in [0.25, 0.3) is 4.98 Å². The van der Waals surface area contributed by atoms with Gasteiger partial charge >= 0.3 is 17.5 Å². The number of hydrogen-bond acceptors (Lipinski definition) is 4. The Morgan fingerprint density at radius 2 is 1.48 bits per heavy atom. The van der Waals surface area contributed by atoms with Crippen LogP contribution in [0.1, 0.15) is 44.0 Å². The largest absolute Gasteiger partial charge is 0.527 e. The number of aliphatic hydroxyl groups excluding tert-OH is 1. The van der Waals surface area contributed by atoms with Gasteiger partial charge in [0.2, 0.25) is 5.39 Å². The highest BCUT2D eigenvalue weighted by atomic mass is 16.6. The molecule has 0 saturated carbocycles. The van der Waals surface area contributed by atoms with E-state index < -0.39 is 17.5 Å². The molecule has 0 saturated heterocycles. The van der Waals surface area contributed by atoms with E-state index in [-0.39, 0.29) is 18.7 Å². The molecule has 6 heteroatoms. The van der Waals surface area contributed by atoms with Gasteiger partial charge in [-0.1, -0.05) is 60.7 Å². The summed E-state index contributed by atoms with van der Waals surface area (Å²) in [7, 11) is 0. The molecule has 1 amide bonds. The molecule has 140 valence electrons. The molecule has 6 nitrogen and oxygen atoms in total. The molecule has 27 heavy (non-hydrogen) atoms. The van der Waals surface area contributed by atoms with E-state index in [2.05, 4.69) is 4.98 Å². The van der Waals surface area contributed by atoms with Gasteiger partial charge in [-0.15, -0.1) is 0 Å². The van der Waals surface area contributed by atoms with Crippen LogP contribution >= 0.6 is 0 Å². The molecule has 0 radical (unpaired) electrons. The minimum absolute atomic E-state index is 0.139. The van der Waals surface area contributed by atoms with Gasteiger partial charge in [0, 0.05) is 0 Å². The quantitative estimate of drug-likeness (QED) is 0.427. The minimum Gasteiger partial charge on any atom is -0.475 e. The van der Waals surface area contributed by atoms with Gasteiger partial charge in [0.25, 0.3) is 0 Å². The molecule has 0 bridgehead atoms. The summed E-state index contributed by atoms with van der Waals surface area (Å²) in [6.07, 6.45) is 0. The van der Waals surface area contributed by atoms with E-state index in [0.29, 0.717) is 0 Å². The fourth-order valence-corrected chi connectivity index (χ4v) is 2.98. The number of amides is 1. The van der Waals surface area contributed by atoms with Gasteiger partial charge in [0.1, 0.15) is 0 Å². The first-order chi connectivity index (χ1) is 13.0. The van der Waals surface area contributed by atoms with E-state index in [1.807, 2.05) is 74.5 Å². The number of aliphatic hydroxyl groups is 1. The summed E-state index contributed by atoms with van der Waals surface area (Å²) in [5.74, 6) is -1.33. The number of carbonyl (C=O) groups is 1. The summed E-state index contributed by atoms with van der Waals surface area (Å²) in [5, 5.41) is 19.3. The lowest BCUT2D eigenvalue weighted by atomic mass is 10.0. The van der Waals surface area contributed by atoms with E-state index in [9.17, 15) is 15.3 Å². The number of ether oxygens (including phenoxy) is 1. The zero-order valence-corrected chi connectivity index (χ0v) is 15.7. The van der Waals surface area contributed by atoms with Gasteiger partial charge < -0.3 is 14.7 Å². The second-order valence-corrected chi connectivity index (χ2v) is 6.07. The number of diazo groups is 1. The van der Waals surface area contributed by atoms with E-state index >= 15 is 0 Å². The number of benzene rings is 2. The summed E-state index contributed by atoms with van der Waals surface area (Å²) in [4.78, 5) is 17.8. The summed E-state index contributed by atoms with van der Waals surface area (Å²) in [6, 6.07) is 18.4. The van der Waals surface area contributed by atoms with Crippen molar-refractivity contribution in [3.05, 3.63) is 88.4 Å². The first-order valence-corrected chi connectivity index (χ1v) is 8.84. The van der Waals surface area contributed by atoms with E-state index in [0.717, 1.165) is 11.1 Å². The van der Waals surface area contributed by atoms with Crippen molar-refractivity contribution >= 4 is 5.91 Å². The maximum Gasteiger partial charge on any atom is 0.527 e. The van der Waals surface area contributed by atoms with Crippen LogP contribution in [0, 0.1) is 5.39 Å². The third-order valence-electron chi connectivity index (χ3n) is 4.42. The van der Waals surface area contributed by atoms with Crippen LogP contribution in [-0.4, -0.2) is 22.5 Å². The lowest BCUT2D eigenvalue weighted by Gasteiger charge is -2.33. The molecule has 0 heterocycles. The van der Waals surface area contributed by atoms with Crippen LogP contribution in [0.4, 0.5) is 0 Å². The van der Waals surface area contributed by atoms with Crippen LogP contribution in [0.3, 0.4) is 0 Å². The second-order valence-electron chi connectivity index (χ2n) is 6.07. The first-order valence-electron chi connectivity index (χ1n) is 8.84. The molecule has 2 aromatic rings. The van der Waals surface area contributed by atoms with Gasteiger partial charge in [-0.3, -0.25) is 4.79 Å². The normalized spacial score (nSPS) is 13.7. The van der Waals surface area contributed by atoms with Crippen LogP contribution in [-0.2, 0) is 9.53 Å². The highest BCUT2D eigenvalue weighted by Crippen LogP contribution is 2.32. The molecule has 0 spiro atoms. The van der Waals surface area contributed by atoms with Crippen molar-refractivity contribution in [1.29, 1.82) is 5.39 Å².